The number of rotatable bonds is 0. The number of benzene rings is 1. The molecule has 3 rings (SSSR count). The summed E-state index contributed by atoms with van der Waals surface area (Å²) in [4.78, 5) is 4.59. The molecule has 1 aromatic carbocycles. The number of fused-ring (bicyclic) bond motifs is 3. The van der Waals surface area contributed by atoms with Crippen LogP contribution in [0.4, 0.5) is 0 Å². The van der Waals surface area contributed by atoms with E-state index in [9.17, 15) is 0 Å². The van der Waals surface area contributed by atoms with Gasteiger partial charge < -0.3 is 0 Å². The van der Waals surface area contributed by atoms with Gasteiger partial charge in [-0.05, 0) is 29.7 Å². The SMILES string of the molecule is Cc1cccc2c1C1N=CC=CC1C=C2. The first-order valence-electron chi connectivity index (χ1n) is 5.34. The molecule has 0 amide bonds. The van der Waals surface area contributed by atoms with Gasteiger partial charge in [-0.2, -0.15) is 0 Å². The first-order chi connectivity index (χ1) is 7.36. The topological polar surface area (TPSA) is 12.4 Å². The van der Waals surface area contributed by atoms with Crippen LogP contribution in [0, 0.1) is 12.8 Å². The number of hydrogen-bond donors (Lipinski definition) is 0. The Bertz CT molecular complexity index is 480. The summed E-state index contributed by atoms with van der Waals surface area (Å²) in [6.45, 7) is 2.17. The van der Waals surface area contributed by atoms with E-state index in [0.717, 1.165) is 0 Å². The highest BCUT2D eigenvalue weighted by atomic mass is 14.8. The molecule has 0 aromatic heterocycles. The number of allylic oxidation sites excluding steroid dienone is 1. The van der Waals surface area contributed by atoms with Crippen molar-refractivity contribution < 1.29 is 0 Å². The second-order valence-electron chi connectivity index (χ2n) is 4.14. The van der Waals surface area contributed by atoms with Crippen molar-refractivity contribution >= 4 is 12.3 Å². The van der Waals surface area contributed by atoms with Crippen molar-refractivity contribution in [1.82, 2.24) is 0 Å². The Morgan fingerprint density at radius 1 is 1.20 bits per heavy atom. The van der Waals surface area contributed by atoms with Crippen molar-refractivity contribution in [2.24, 2.45) is 10.9 Å². The molecule has 15 heavy (non-hydrogen) atoms. The molecule has 0 spiro atoms. The number of aliphatic imine (C=N–C) groups is 1. The molecule has 0 bridgehead atoms. The van der Waals surface area contributed by atoms with Gasteiger partial charge in [-0.1, -0.05) is 36.4 Å². The zero-order valence-electron chi connectivity index (χ0n) is 8.72. The van der Waals surface area contributed by atoms with Gasteiger partial charge in [0.1, 0.15) is 0 Å². The summed E-state index contributed by atoms with van der Waals surface area (Å²) in [5.74, 6) is 0.448. The van der Waals surface area contributed by atoms with Gasteiger partial charge in [0.25, 0.3) is 0 Å². The van der Waals surface area contributed by atoms with Crippen LogP contribution in [-0.2, 0) is 0 Å². The maximum Gasteiger partial charge on any atom is 0.0854 e. The summed E-state index contributed by atoms with van der Waals surface area (Å²) in [6, 6.07) is 6.75. The van der Waals surface area contributed by atoms with Gasteiger partial charge in [0.15, 0.2) is 0 Å². The molecule has 0 fully saturated rings. The van der Waals surface area contributed by atoms with Gasteiger partial charge >= 0.3 is 0 Å². The third-order valence-corrected chi connectivity index (χ3v) is 3.18. The summed E-state index contributed by atoms with van der Waals surface area (Å²) < 4.78 is 0. The number of aryl methyl sites for hydroxylation is 1. The lowest BCUT2D eigenvalue weighted by atomic mass is 9.82. The van der Waals surface area contributed by atoms with E-state index in [0.29, 0.717) is 12.0 Å². The van der Waals surface area contributed by atoms with Crippen LogP contribution in [-0.4, -0.2) is 6.21 Å². The summed E-state index contributed by atoms with van der Waals surface area (Å²) in [6.07, 6.45) is 10.6. The van der Waals surface area contributed by atoms with E-state index in [4.69, 9.17) is 0 Å². The predicted octanol–water partition coefficient (Wildman–Crippen LogP) is 3.32. The minimum atomic E-state index is 0.302. The van der Waals surface area contributed by atoms with Crippen molar-refractivity contribution in [3.05, 3.63) is 53.1 Å². The van der Waals surface area contributed by atoms with Gasteiger partial charge in [-0.3, -0.25) is 4.99 Å². The lowest BCUT2D eigenvalue weighted by Crippen LogP contribution is -2.15. The molecule has 1 heteroatoms. The third-order valence-electron chi connectivity index (χ3n) is 3.18. The zero-order chi connectivity index (χ0) is 10.3. The fourth-order valence-corrected chi connectivity index (χ4v) is 2.43. The highest BCUT2D eigenvalue weighted by molar-refractivity contribution is 5.74. The van der Waals surface area contributed by atoms with E-state index in [1.54, 1.807) is 0 Å². The maximum atomic E-state index is 4.59. The number of dihydropyridines is 1. The maximum absolute atomic E-state index is 4.59. The van der Waals surface area contributed by atoms with Crippen LogP contribution in [0.3, 0.4) is 0 Å². The van der Waals surface area contributed by atoms with Crippen molar-refractivity contribution in [2.45, 2.75) is 13.0 Å². The van der Waals surface area contributed by atoms with E-state index < -0.39 is 0 Å². The number of nitrogens with zero attached hydrogens (tertiary/aromatic N) is 1. The van der Waals surface area contributed by atoms with Crippen molar-refractivity contribution in [3.63, 3.8) is 0 Å². The molecular formula is C14H13N. The highest BCUT2D eigenvalue weighted by Crippen LogP contribution is 2.38. The highest BCUT2D eigenvalue weighted by Gasteiger charge is 2.25. The van der Waals surface area contributed by atoms with Crippen LogP contribution >= 0.6 is 0 Å². The summed E-state index contributed by atoms with van der Waals surface area (Å²) in [5, 5.41) is 0. The molecule has 74 valence electrons. The Kier molecular flexibility index (Phi) is 1.84. The average Bonchev–Trinajstić information content (AvgIpc) is 2.29. The van der Waals surface area contributed by atoms with Crippen molar-refractivity contribution in [1.29, 1.82) is 0 Å². The monoisotopic (exact) mass is 195 g/mol. The second-order valence-corrected chi connectivity index (χ2v) is 4.14. The molecule has 1 aromatic rings. The number of hydrogen-bond acceptors (Lipinski definition) is 1. The van der Waals surface area contributed by atoms with Crippen LogP contribution in [0.15, 0.2) is 41.4 Å². The quantitative estimate of drug-likeness (QED) is 0.602. The van der Waals surface area contributed by atoms with E-state index in [1.807, 2.05) is 12.3 Å². The first kappa shape index (κ1) is 8.66. The lowest BCUT2D eigenvalue weighted by molar-refractivity contribution is 0.608. The van der Waals surface area contributed by atoms with Gasteiger partial charge in [-0.15, -0.1) is 0 Å². The fourth-order valence-electron chi connectivity index (χ4n) is 2.43. The lowest BCUT2D eigenvalue weighted by Gasteiger charge is -2.27. The molecule has 2 atom stereocenters. The van der Waals surface area contributed by atoms with Gasteiger partial charge in [0.2, 0.25) is 0 Å². The molecule has 0 radical (unpaired) electrons. The fraction of sp³-hybridized carbons (Fsp3) is 0.214. The van der Waals surface area contributed by atoms with Crippen molar-refractivity contribution in [2.75, 3.05) is 0 Å². The average molecular weight is 195 g/mol. The van der Waals surface area contributed by atoms with Crippen LogP contribution in [0.5, 0.6) is 0 Å². The van der Waals surface area contributed by atoms with Crippen LogP contribution < -0.4 is 0 Å². The van der Waals surface area contributed by atoms with E-state index in [1.165, 1.54) is 16.7 Å². The molecule has 0 saturated heterocycles. The Balaban J connectivity index is 2.20. The summed E-state index contributed by atoms with van der Waals surface area (Å²) in [5.41, 5.74) is 4.06. The van der Waals surface area contributed by atoms with Crippen LogP contribution in [0.1, 0.15) is 22.7 Å². The molecule has 1 aliphatic carbocycles. The van der Waals surface area contributed by atoms with E-state index >= 15 is 0 Å². The van der Waals surface area contributed by atoms with Gasteiger partial charge in [0, 0.05) is 12.1 Å². The van der Waals surface area contributed by atoms with Crippen LogP contribution in [0.25, 0.3) is 6.08 Å². The van der Waals surface area contributed by atoms with Gasteiger partial charge in [-0.25, -0.2) is 0 Å². The van der Waals surface area contributed by atoms with E-state index in [2.05, 4.69) is 48.3 Å². The Labute approximate surface area is 89.9 Å². The first-order valence-corrected chi connectivity index (χ1v) is 5.34. The van der Waals surface area contributed by atoms with E-state index in [-0.39, 0.29) is 0 Å². The minimum absolute atomic E-state index is 0.302. The van der Waals surface area contributed by atoms with Crippen molar-refractivity contribution in [3.8, 4) is 0 Å². The molecule has 1 heterocycles. The normalized spacial score (nSPS) is 26.2. The summed E-state index contributed by atoms with van der Waals surface area (Å²) >= 11 is 0. The minimum Gasteiger partial charge on any atom is -0.284 e. The standard InChI is InChI=1S/C14H13N/c1-10-4-2-5-11-7-8-12-6-3-9-15-14(12)13(10)11/h2-9,12,14H,1H3. The summed E-state index contributed by atoms with van der Waals surface area (Å²) in [7, 11) is 0. The molecule has 0 saturated carbocycles. The largest absolute Gasteiger partial charge is 0.284 e. The Morgan fingerprint density at radius 3 is 3.07 bits per heavy atom. The Morgan fingerprint density at radius 2 is 2.13 bits per heavy atom. The molecule has 1 aliphatic heterocycles. The molecular weight excluding hydrogens is 182 g/mol. The third kappa shape index (κ3) is 1.27. The second kappa shape index (κ2) is 3.20. The zero-order valence-corrected chi connectivity index (χ0v) is 8.72. The molecule has 2 unspecified atom stereocenters. The Hall–Kier alpha value is -1.63. The molecule has 2 aliphatic rings. The predicted molar refractivity (Wildman–Crippen MR) is 64.1 cm³/mol. The smallest absolute Gasteiger partial charge is 0.0854 e. The molecule has 0 N–H and O–H groups in total. The van der Waals surface area contributed by atoms with Gasteiger partial charge in [0.05, 0.1) is 6.04 Å². The van der Waals surface area contributed by atoms with Crippen LogP contribution in [0.2, 0.25) is 0 Å². The molecule has 1 nitrogen and oxygen atoms in total.